The lowest BCUT2D eigenvalue weighted by atomic mass is 10.1. The van der Waals surface area contributed by atoms with Gasteiger partial charge in [-0.15, -0.1) is 0 Å². The molecule has 94 valence electrons. The van der Waals surface area contributed by atoms with Crippen LogP contribution in [0.5, 0.6) is 0 Å². The lowest BCUT2D eigenvalue weighted by Gasteiger charge is -2.13. The largest absolute Gasteiger partial charge is 0.448 e. The minimum Gasteiger partial charge on any atom is -0.448 e. The quantitative estimate of drug-likeness (QED) is 0.662. The third-order valence-corrected chi connectivity index (χ3v) is 3.01. The number of aliphatic hydroxyl groups excluding tert-OH is 1. The molecule has 0 bridgehead atoms. The van der Waals surface area contributed by atoms with Crippen molar-refractivity contribution in [2.45, 2.75) is 19.4 Å². The number of aromatic nitrogens is 1. The van der Waals surface area contributed by atoms with Gasteiger partial charge in [0.15, 0.2) is 12.1 Å². The van der Waals surface area contributed by atoms with Crippen molar-refractivity contribution in [1.82, 2.24) is 15.6 Å². The van der Waals surface area contributed by atoms with E-state index in [2.05, 4.69) is 15.6 Å². The number of aliphatic hydroxyl groups is 1. The molecule has 1 fully saturated rings. The molecule has 1 aliphatic heterocycles. The lowest BCUT2D eigenvalue weighted by Crippen LogP contribution is -2.34. The molecule has 6 nitrogen and oxygen atoms in total. The molecule has 0 aromatic carbocycles. The maximum absolute atomic E-state index is 11.8. The highest BCUT2D eigenvalue weighted by Crippen LogP contribution is 2.09. The van der Waals surface area contributed by atoms with Gasteiger partial charge in [-0.25, -0.2) is 4.98 Å². The number of aryl methyl sites for hydroxylation is 1. The van der Waals surface area contributed by atoms with Crippen molar-refractivity contribution in [3.05, 3.63) is 17.8 Å². The molecule has 1 aromatic rings. The average molecular weight is 239 g/mol. The van der Waals surface area contributed by atoms with Crippen LogP contribution in [0.2, 0.25) is 0 Å². The summed E-state index contributed by atoms with van der Waals surface area (Å²) in [7, 11) is 0. The number of amides is 1. The minimum atomic E-state index is -0.391. The molecule has 0 spiro atoms. The number of carbonyl (C=O) groups is 1. The van der Waals surface area contributed by atoms with Gasteiger partial charge in [0.25, 0.3) is 5.91 Å². The van der Waals surface area contributed by atoms with E-state index in [-0.39, 0.29) is 11.8 Å². The number of carbonyl (C=O) groups excluding carboxylic acids is 1. The third-order valence-electron chi connectivity index (χ3n) is 3.01. The first kappa shape index (κ1) is 12.1. The third kappa shape index (κ3) is 2.65. The van der Waals surface area contributed by atoms with Gasteiger partial charge in [0.05, 0.1) is 6.10 Å². The zero-order chi connectivity index (χ0) is 12.3. The Kier molecular flexibility index (Phi) is 3.75. The van der Waals surface area contributed by atoms with Gasteiger partial charge in [-0.1, -0.05) is 6.92 Å². The topological polar surface area (TPSA) is 87.4 Å². The molecule has 0 aliphatic carbocycles. The number of rotatable bonds is 4. The highest BCUT2D eigenvalue weighted by Gasteiger charge is 2.25. The van der Waals surface area contributed by atoms with Crippen LogP contribution in [-0.4, -0.2) is 41.7 Å². The molecule has 1 aliphatic rings. The van der Waals surface area contributed by atoms with E-state index < -0.39 is 6.10 Å². The molecule has 1 saturated heterocycles. The van der Waals surface area contributed by atoms with Crippen LogP contribution in [0.15, 0.2) is 10.8 Å². The van der Waals surface area contributed by atoms with Crippen LogP contribution in [0.4, 0.5) is 0 Å². The van der Waals surface area contributed by atoms with Crippen molar-refractivity contribution in [2.75, 3.05) is 19.6 Å². The first-order chi connectivity index (χ1) is 8.22. The molecular formula is C11H17N3O3. The van der Waals surface area contributed by atoms with Crippen LogP contribution >= 0.6 is 0 Å². The van der Waals surface area contributed by atoms with Gasteiger partial charge in [-0.3, -0.25) is 4.79 Å². The number of β-amino-alcohol motifs (C(OH)–C–C–N with tert-alkyl or cyclic N) is 1. The predicted octanol–water partition coefficient (Wildman–Crippen LogP) is -0.453. The average Bonchev–Trinajstić information content (AvgIpc) is 2.94. The zero-order valence-electron chi connectivity index (χ0n) is 9.77. The van der Waals surface area contributed by atoms with Crippen LogP contribution in [0.1, 0.15) is 23.2 Å². The molecule has 2 unspecified atom stereocenters. The van der Waals surface area contributed by atoms with E-state index in [4.69, 9.17) is 4.42 Å². The van der Waals surface area contributed by atoms with Gasteiger partial charge < -0.3 is 20.2 Å². The molecule has 6 heteroatoms. The second-order valence-corrected chi connectivity index (χ2v) is 4.17. The summed E-state index contributed by atoms with van der Waals surface area (Å²) in [6.45, 7) is 3.66. The summed E-state index contributed by atoms with van der Waals surface area (Å²) in [5, 5.41) is 15.4. The standard InChI is InChI=1S/C11H17N3O3/c1-2-9-10(14-6-17-9)11(16)13-4-7-3-12-5-8(7)15/h6-8,12,15H,2-5H2,1H3,(H,13,16). The summed E-state index contributed by atoms with van der Waals surface area (Å²) >= 11 is 0. The van der Waals surface area contributed by atoms with E-state index in [9.17, 15) is 9.90 Å². The summed E-state index contributed by atoms with van der Waals surface area (Å²) < 4.78 is 5.09. The van der Waals surface area contributed by atoms with E-state index in [0.717, 1.165) is 6.54 Å². The molecule has 0 radical (unpaired) electrons. The normalized spacial score (nSPS) is 23.9. The Morgan fingerprint density at radius 3 is 3.18 bits per heavy atom. The Labute approximate surface area is 99.4 Å². The summed E-state index contributed by atoms with van der Waals surface area (Å²) in [6.07, 6.45) is 1.52. The van der Waals surface area contributed by atoms with Crippen molar-refractivity contribution in [3.8, 4) is 0 Å². The smallest absolute Gasteiger partial charge is 0.273 e. The number of hydrogen-bond donors (Lipinski definition) is 3. The molecule has 1 amide bonds. The van der Waals surface area contributed by atoms with Gasteiger partial charge >= 0.3 is 0 Å². The van der Waals surface area contributed by atoms with Gasteiger partial charge in [0, 0.05) is 32.0 Å². The van der Waals surface area contributed by atoms with Gasteiger partial charge in [0.1, 0.15) is 5.76 Å². The van der Waals surface area contributed by atoms with Gasteiger partial charge in [0.2, 0.25) is 0 Å². The van der Waals surface area contributed by atoms with Crippen LogP contribution in [0.25, 0.3) is 0 Å². The van der Waals surface area contributed by atoms with Gasteiger partial charge in [-0.2, -0.15) is 0 Å². The molecule has 1 aromatic heterocycles. The van der Waals surface area contributed by atoms with Crippen molar-refractivity contribution in [1.29, 1.82) is 0 Å². The minimum absolute atomic E-state index is 0.0657. The first-order valence-electron chi connectivity index (χ1n) is 5.81. The van der Waals surface area contributed by atoms with Crippen LogP contribution in [0, 0.1) is 5.92 Å². The SMILES string of the molecule is CCc1ocnc1C(=O)NCC1CNCC1O. The van der Waals surface area contributed by atoms with E-state index >= 15 is 0 Å². The van der Waals surface area contributed by atoms with Crippen molar-refractivity contribution >= 4 is 5.91 Å². The molecule has 2 rings (SSSR count). The molecule has 17 heavy (non-hydrogen) atoms. The summed E-state index contributed by atoms with van der Waals surface area (Å²) in [5.41, 5.74) is 0.341. The summed E-state index contributed by atoms with van der Waals surface area (Å²) in [6, 6.07) is 0. The molecule has 0 saturated carbocycles. The van der Waals surface area contributed by atoms with Crippen molar-refractivity contribution in [2.24, 2.45) is 5.92 Å². The second-order valence-electron chi connectivity index (χ2n) is 4.17. The maximum atomic E-state index is 11.8. The highest BCUT2D eigenvalue weighted by molar-refractivity contribution is 5.93. The molecule has 2 atom stereocenters. The van der Waals surface area contributed by atoms with Crippen LogP contribution in [0.3, 0.4) is 0 Å². The van der Waals surface area contributed by atoms with E-state index in [1.807, 2.05) is 6.92 Å². The predicted molar refractivity (Wildman–Crippen MR) is 60.6 cm³/mol. The van der Waals surface area contributed by atoms with Crippen LogP contribution in [-0.2, 0) is 6.42 Å². The van der Waals surface area contributed by atoms with Gasteiger partial charge in [-0.05, 0) is 0 Å². The Hall–Kier alpha value is -1.40. The number of nitrogens with one attached hydrogen (secondary N) is 2. The Morgan fingerprint density at radius 2 is 2.53 bits per heavy atom. The van der Waals surface area contributed by atoms with E-state index in [0.29, 0.717) is 31.0 Å². The highest BCUT2D eigenvalue weighted by atomic mass is 16.3. The number of oxazole rings is 1. The molecular weight excluding hydrogens is 222 g/mol. The van der Waals surface area contributed by atoms with Crippen LogP contribution < -0.4 is 10.6 Å². The van der Waals surface area contributed by atoms with Crippen molar-refractivity contribution in [3.63, 3.8) is 0 Å². The first-order valence-corrected chi connectivity index (χ1v) is 5.81. The number of nitrogens with zero attached hydrogens (tertiary/aromatic N) is 1. The number of hydrogen-bond acceptors (Lipinski definition) is 5. The maximum Gasteiger partial charge on any atom is 0.273 e. The zero-order valence-corrected chi connectivity index (χ0v) is 9.77. The fraction of sp³-hybridized carbons (Fsp3) is 0.636. The fourth-order valence-electron chi connectivity index (χ4n) is 1.94. The van der Waals surface area contributed by atoms with E-state index in [1.54, 1.807) is 0 Å². The summed E-state index contributed by atoms with van der Waals surface area (Å²) in [4.78, 5) is 15.7. The van der Waals surface area contributed by atoms with E-state index in [1.165, 1.54) is 6.39 Å². The Bertz CT molecular complexity index is 391. The summed E-state index contributed by atoms with van der Waals surface area (Å²) in [5.74, 6) is 0.415. The molecule has 2 heterocycles. The lowest BCUT2D eigenvalue weighted by molar-refractivity contribution is 0.0921. The fourth-order valence-corrected chi connectivity index (χ4v) is 1.94. The molecule has 3 N–H and O–H groups in total. The monoisotopic (exact) mass is 239 g/mol. The second kappa shape index (κ2) is 5.29. The Morgan fingerprint density at radius 1 is 1.71 bits per heavy atom. The van der Waals surface area contributed by atoms with Crippen molar-refractivity contribution < 1.29 is 14.3 Å². The Balaban J connectivity index is 1.89.